The van der Waals surface area contributed by atoms with Gasteiger partial charge in [0.2, 0.25) is 0 Å². The molecule has 1 heterocycles. The van der Waals surface area contributed by atoms with Gasteiger partial charge in [0.1, 0.15) is 5.75 Å². The van der Waals surface area contributed by atoms with Crippen LogP contribution in [0.4, 0.5) is 5.69 Å². The highest BCUT2D eigenvalue weighted by Crippen LogP contribution is 2.23. The van der Waals surface area contributed by atoms with Gasteiger partial charge in [0.05, 0.1) is 29.2 Å². The van der Waals surface area contributed by atoms with Crippen LogP contribution in [0.5, 0.6) is 5.75 Å². The molecule has 0 aliphatic carbocycles. The lowest BCUT2D eigenvalue weighted by Crippen LogP contribution is -2.23. The number of hydrogen-bond acceptors (Lipinski definition) is 7. The minimum Gasteiger partial charge on any atom is -0.497 e. The van der Waals surface area contributed by atoms with Gasteiger partial charge < -0.3 is 14.6 Å². The number of nitro benzene ring substituents is 1. The number of amides is 1. The van der Waals surface area contributed by atoms with E-state index in [9.17, 15) is 14.9 Å². The summed E-state index contributed by atoms with van der Waals surface area (Å²) in [5.74, 6) is 0.644. The Hall–Kier alpha value is -3.46. The van der Waals surface area contributed by atoms with Gasteiger partial charge in [-0.2, -0.15) is 4.98 Å². The summed E-state index contributed by atoms with van der Waals surface area (Å²) in [5.41, 5.74) is 0.457. The average Bonchev–Trinajstić information content (AvgIpc) is 3.15. The Kier molecular flexibility index (Phi) is 5.32. The molecule has 0 radical (unpaired) electrons. The van der Waals surface area contributed by atoms with Gasteiger partial charge in [-0.25, -0.2) is 0 Å². The molecule has 9 nitrogen and oxygen atoms in total. The van der Waals surface area contributed by atoms with Gasteiger partial charge in [-0.15, -0.1) is 0 Å². The summed E-state index contributed by atoms with van der Waals surface area (Å²) in [6.45, 7) is -0.0302. The molecule has 0 saturated heterocycles. The van der Waals surface area contributed by atoms with Crippen LogP contribution in [0.15, 0.2) is 47.0 Å². The van der Waals surface area contributed by atoms with Crippen molar-refractivity contribution in [3.8, 4) is 17.2 Å². The van der Waals surface area contributed by atoms with Gasteiger partial charge in [0.15, 0.2) is 5.82 Å². The third kappa shape index (κ3) is 4.21. The topological polar surface area (TPSA) is 120 Å². The standard InChI is InChI=1S/C17H13ClN4O5/c1-26-12-5-2-10(3-6-12)17-20-15(21-27-17)9-19-16(23)13-8-11(22(24)25)4-7-14(13)18/h2-8H,9H2,1H3,(H,19,23). The number of hydrogen-bond donors (Lipinski definition) is 1. The molecule has 0 fully saturated rings. The zero-order valence-electron chi connectivity index (χ0n) is 14.0. The maximum absolute atomic E-state index is 12.2. The van der Waals surface area contributed by atoms with Gasteiger partial charge in [-0.1, -0.05) is 16.8 Å². The molecule has 0 spiro atoms. The largest absolute Gasteiger partial charge is 0.497 e. The van der Waals surface area contributed by atoms with E-state index in [4.69, 9.17) is 20.9 Å². The van der Waals surface area contributed by atoms with Crippen LogP contribution in [0.25, 0.3) is 11.5 Å². The summed E-state index contributed by atoms with van der Waals surface area (Å²) in [5, 5.41) is 17.3. The lowest BCUT2D eigenvalue weighted by molar-refractivity contribution is -0.384. The first kappa shape index (κ1) is 18.3. The van der Waals surface area contributed by atoms with Crippen molar-refractivity contribution in [1.82, 2.24) is 15.5 Å². The Morgan fingerprint density at radius 1 is 1.30 bits per heavy atom. The Labute approximate surface area is 158 Å². The van der Waals surface area contributed by atoms with Crippen LogP contribution in [0.2, 0.25) is 5.02 Å². The van der Waals surface area contributed by atoms with Crippen LogP contribution in [-0.4, -0.2) is 28.1 Å². The number of methoxy groups -OCH3 is 1. The van der Waals surface area contributed by atoms with Crippen molar-refractivity contribution in [2.75, 3.05) is 7.11 Å². The molecule has 1 amide bonds. The van der Waals surface area contributed by atoms with E-state index >= 15 is 0 Å². The maximum Gasteiger partial charge on any atom is 0.270 e. The first-order valence-corrected chi connectivity index (χ1v) is 8.05. The highest BCUT2D eigenvalue weighted by Gasteiger charge is 2.17. The molecule has 0 aliphatic rings. The first-order valence-electron chi connectivity index (χ1n) is 7.67. The van der Waals surface area contributed by atoms with Crippen LogP contribution in [-0.2, 0) is 6.54 Å². The number of aromatic nitrogens is 2. The summed E-state index contributed by atoms with van der Waals surface area (Å²) in [7, 11) is 1.57. The van der Waals surface area contributed by atoms with Crippen LogP contribution >= 0.6 is 11.6 Å². The minimum absolute atomic E-state index is 0.00950. The summed E-state index contributed by atoms with van der Waals surface area (Å²) in [6.07, 6.45) is 0. The molecule has 0 atom stereocenters. The number of nitrogens with zero attached hydrogens (tertiary/aromatic N) is 3. The molecule has 1 N–H and O–H groups in total. The second kappa shape index (κ2) is 7.83. The van der Waals surface area contributed by atoms with E-state index in [0.29, 0.717) is 11.3 Å². The predicted octanol–water partition coefficient (Wildman–Crippen LogP) is 3.24. The second-order valence-electron chi connectivity index (χ2n) is 5.35. The van der Waals surface area contributed by atoms with Gasteiger partial charge >= 0.3 is 0 Å². The third-order valence-electron chi connectivity index (χ3n) is 3.62. The number of halogens is 1. The second-order valence-corrected chi connectivity index (χ2v) is 5.76. The maximum atomic E-state index is 12.2. The van der Waals surface area contributed by atoms with Crippen molar-refractivity contribution in [2.45, 2.75) is 6.54 Å². The molecular formula is C17H13ClN4O5. The quantitative estimate of drug-likeness (QED) is 0.508. The number of nitro groups is 1. The first-order chi connectivity index (χ1) is 13.0. The fourth-order valence-corrected chi connectivity index (χ4v) is 2.44. The molecule has 10 heteroatoms. The zero-order chi connectivity index (χ0) is 19.4. The van der Waals surface area contributed by atoms with E-state index in [-0.39, 0.29) is 34.5 Å². The molecular weight excluding hydrogens is 376 g/mol. The van der Waals surface area contributed by atoms with Crippen LogP contribution in [0.1, 0.15) is 16.2 Å². The van der Waals surface area contributed by atoms with Crippen molar-refractivity contribution in [3.63, 3.8) is 0 Å². The van der Waals surface area contributed by atoms with Gasteiger partial charge in [0.25, 0.3) is 17.5 Å². The monoisotopic (exact) mass is 388 g/mol. The summed E-state index contributed by atoms with van der Waals surface area (Å²) >= 11 is 5.94. The summed E-state index contributed by atoms with van der Waals surface area (Å²) in [6, 6.07) is 10.7. The van der Waals surface area contributed by atoms with Crippen LogP contribution < -0.4 is 10.1 Å². The van der Waals surface area contributed by atoms with Gasteiger partial charge in [0, 0.05) is 17.7 Å². The SMILES string of the molecule is COc1ccc(-c2nc(CNC(=O)c3cc([N+](=O)[O-])ccc3Cl)no2)cc1. The average molecular weight is 389 g/mol. The molecule has 1 aromatic heterocycles. The smallest absolute Gasteiger partial charge is 0.270 e. The minimum atomic E-state index is -0.604. The zero-order valence-corrected chi connectivity index (χ0v) is 14.8. The molecule has 0 bridgehead atoms. The molecule has 0 unspecified atom stereocenters. The van der Waals surface area contributed by atoms with E-state index < -0.39 is 10.8 Å². The number of carbonyl (C=O) groups is 1. The van der Waals surface area contributed by atoms with Crippen molar-refractivity contribution >= 4 is 23.2 Å². The van der Waals surface area contributed by atoms with Crippen molar-refractivity contribution in [1.29, 1.82) is 0 Å². The number of carbonyl (C=O) groups excluding carboxylic acids is 1. The fourth-order valence-electron chi connectivity index (χ4n) is 2.23. The fraction of sp³-hybridized carbons (Fsp3) is 0.118. The molecule has 0 aliphatic heterocycles. The van der Waals surface area contributed by atoms with E-state index in [0.717, 1.165) is 6.07 Å². The Balaban J connectivity index is 1.68. The molecule has 3 aromatic rings. The number of rotatable bonds is 6. The molecule has 0 saturated carbocycles. The Bertz CT molecular complexity index is 987. The van der Waals surface area contributed by atoms with Crippen LogP contribution in [0.3, 0.4) is 0 Å². The number of benzene rings is 2. The normalized spacial score (nSPS) is 10.4. The molecule has 3 rings (SSSR count). The van der Waals surface area contributed by atoms with E-state index in [2.05, 4.69) is 15.5 Å². The van der Waals surface area contributed by atoms with E-state index in [1.54, 1.807) is 31.4 Å². The molecule has 27 heavy (non-hydrogen) atoms. The number of ether oxygens (including phenoxy) is 1. The molecule has 138 valence electrons. The van der Waals surface area contributed by atoms with Gasteiger partial charge in [-0.3, -0.25) is 14.9 Å². The lowest BCUT2D eigenvalue weighted by atomic mass is 10.2. The summed E-state index contributed by atoms with van der Waals surface area (Å²) in [4.78, 5) is 26.7. The van der Waals surface area contributed by atoms with Crippen molar-refractivity contribution in [3.05, 3.63) is 69.0 Å². The van der Waals surface area contributed by atoms with Crippen LogP contribution in [0, 0.1) is 10.1 Å². The van der Waals surface area contributed by atoms with E-state index in [1.165, 1.54) is 12.1 Å². The van der Waals surface area contributed by atoms with Gasteiger partial charge in [-0.05, 0) is 30.3 Å². The molecule has 2 aromatic carbocycles. The highest BCUT2D eigenvalue weighted by molar-refractivity contribution is 6.33. The third-order valence-corrected chi connectivity index (χ3v) is 3.95. The summed E-state index contributed by atoms with van der Waals surface area (Å²) < 4.78 is 10.3. The van der Waals surface area contributed by atoms with E-state index in [1.807, 2.05) is 0 Å². The highest BCUT2D eigenvalue weighted by atomic mass is 35.5. The predicted molar refractivity (Wildman–Crippen MR) is 95.6 cm³/mol. The van der Waals surface area contributed by atoms with Crippen molar-refractivity contribution in [2.24, 2.45) is 0 Å². The number of nitrogens with one attached hydrogen (secondary N) is 1. The van der Waals surface area contributed by atoms with Crippen molar-refractivity contribution < 1.29 is 19.0 Å². The number of non-ortho nitro benzene ring substituents is 1. The Morgan fingerprint density at radius 2 is 2.04 bits per heavy atom. The Morgan fingerprint density at radius 3 is 2.70 bits per heavy atom. The lowest BCUT2D eigenvalue weighted by Gasteiger charge is -2.04.